The lowest BCUT2D eigenvalue weighted by atomic mass is 10.1. The van der Waals surface area contributed by atoms with Gasteiger partial charge in [-0.3, -0.25) is 9.59 Å². The average Bonchev–Trinajstić information content (AvgIpc) is 2.86. The van der Waals surface area contributed by atoms with Crippen LogP contribution in [0.4, 0.5) is 5.69 Å². The molecule has 2 aliphatic carbocycles. The molecule has 0 bridgehead atoms. The van der Waals surface area contributed by atoms with Crippen LogP contribution in [-0.2, 0) is 4.79 Å². The molecule has 3 rings (SSSR count). The van der Waals surface area contributed by atoms with Gasteiger partial charge in [-0.2, -0.15) is 0 Å². The van der Waals surface area contributed by atoms with Gasteiger partial charge in [-0.05, 0) is 48.9 Å². The van der Waals surface area contributed by atoms with E-state index in [0.717, 1.165) is 24.9 Å². The van der Waals surface area contributed by atoms with Gasteiger partial charge in [0.2, 0.25) is 5.91 Å². The highest BCUT2D eigenvalue weighted by Gasteiger charge is 2.50. The predicted octanol–water partition coefficient (Wildman–Crippen LogP) is 3.34. The van der Waals surface area contributed by atoms with Crippen LogP contribution >= 0.6 is 0 Å². The minimum absolute atomic E-state index is 0.0203. The van der Waals surface area contributed by atoms with Crippen molar-refractivity contribution in [1.82, 2.24) is 5.32 Å². The van der Waals surface area contributed by atoms with Gasteiger partial charge in [0, 0.05) is 23.2 Å². The largest absolute Gasteiger partial charge is 0.349 e. The number of hydrogen-bond acceptors (Lipinski definition) is 2. The zero-order valence-corrected chi connectivity index (χ0v) is 13.3. The van der Waals surface area contributed by atoms with Crippen molar-refractivity contribution < 1.29 is 9.59 Å². The number of rotatable bonds is 4. The van der Waals surface area contributed by atoms with Crippen LogP contribution in [0.1, 0.15) is 56.3 Å². The van der Waals surface area contributed by atoms with E-state index in [1.165, 1.54) is 12.8 Å². The van der Waals surface area contributed by atoms with Gasteiger partial charge in [-0.15, -0.1) is 0 Å². The molecule has 0 radical (unpaired) electrons. The first kappa shape index (κ1) is 15.1. The molecular weight excluding hydrogens is 276 g/mol. The molecule has 0 aromatic heterocycles. The maximum atomic E-state index is 12.1. The molecule has 0 unspecified atom stereocenters. The maximum Gasteiger partial charge on any atom is 0.251 e. The highest BCUT2D eigenvalue weighted by atomic mass is 16.2. The second kappa shape index (κ2) is 5.75. The summed E-state index contributed by atoms with van der Waals surface area (Å²) in [6.07, 6.45) is 5.51. The number of amides is 2. The van der Waals surface area contributed by atoms with Crippen molar-refractivity contribution in [2.45, 2.75) is 52.0 Å². The third kappa shape index (κ3) is 3.32. The monoisotopic (exact) mass is 300 g/mol. The first-order valence-electron chi connectivity index (χ1n) is 8.17. The normalized spacial score (nSPS) is 23.1. The summed E-state index contributed by atoms with van der Waals surface area (Å²) in [5.74, 6) is 0.166. The number of carbonyl (C=O) groups is 2. The van der Waals surface area contributed by atoms with Gasteiger partial charge >= 0.3 is 0 Å². The Balaban J connectivity index is 1.55. The van der Waals surface area contributed by atoms with E-state index in [1.807, 2.05) is 0 Å². The zero-order chi connectivity index (χ0) is 15.7. The van der Waals surface area contributed by atoms with Gasteiger partial charge in [0.1, 0.15) is 0 Å². The second-order valence-corrected chi connectivity index (χ2v) is 7.27. The molecule has 2 fully saturated rings. The quantitative estimate of drug-likeness (QED) is 0.896. The van der Waals surface area contributed by atoms with E-state index < -0.39 is 0 Å². The zero-order valence-electron chi connectivity index (χ0n) is 13.3. The molecule has 4 nitrogen and oxygen atoms in total. The molecule has 2 aliphatic rings. The van der Waals surface area contributed by atoms with Crippen molar-refractivity contribution in [1.29, 1.82) is 0 Å². The summed E-state index contributed by atoms with van der Waals surface area (Å²) in [6, 6.07) is 7.48. The van der Waals surface area contributed by atoms with Crippen molar-refractivity contribution in [2.75, 3.05) is 5.32 Å². The van der Waals surface area contributed by atoms with Gasteiger partial charge in [-0.25, -0.2) is 0 Å². The fourth-order valence-electron chi connectivity index (χ4n) is 3.19. The van der Waals surface area contributed by atoms with Gasteiger partial charge in [0.05, 0.1) is 0 Å². The molecule has 1 atom stereocenters. The van der Waals surface area contributed by atoms with Crippen molar-refractivity contribution in [3.05, 3.63) is 29.8 Å². The van der Waals surface area contributed by atoms with Crippen molar-refractivity contribution >= 4 is 17.5 Å². The Morgan fingerprint density at radius 2 is 1.68 bits per heavy atom. The minimum Gasteiger partial charge on any atom is -0.349 e. The van der Waals surface area contributed by atoms with Crippen molar-refractivity contribution in [2.24, 2.45) is 11.3 Å². The Labute approximate surface area is 131 Å². The molecule has 2 saturated carbocycles. The number of hydrogen-bond donors (Lipinski definition) is 2. The molecule has 0 heterocycles. The second-order valence-electron chi connectivity index (χ2n) is 7.27. The molecule has 22 heavy (non-hydrogen) atoms. The maximum absolute atomic E-state index is 12.1. The van der Waals surface area contributed by atoms with Crippen LogP contribution in [0, 0.1) is 11.3 Å². The minimum atomic E-state index is -0.0203. The average molecular weight is 300 g/mol. The predicted molar refractivity (Wildman–Crippen MR) is 86.7 cm³/mol. The summed E-state index contributed by atoms with van der Waals surface area (Å²) >= 11 is 0. The van der Waals surface area contributed by atoms with Gasteiger partial charge in [0.25, 0.3) is 5.91 Å². The van der Waals surface area contributed by atoms with Crippen LogP contribution in [0.5, 0.6) is 0 Å². The smallest absolute Gasteiger partial charge is 0.251 e. The third-order valence-corrected chi connectivity index (χ3v) is 4.93. The van der Waals surface area contributed by atoms with Gasteiger partial charge < -0.3 is 10.6 Å². The fourth-order valence-corrected chi connectivity index (χ4v) is 3.19. The molecule has 4 heteroatoms. The van der Waals surface area contributed by atoms with Crippen molar-refractivity contribution in [3.63, 3.8) is 0 Å². The van der Waals surface area contributed by atoms with E-state index in [4.69, 9.17) is 0 Å². The van der Waals surface area contributed by atoms with E-state index in [1.54, 1.807) is 24.3 Å². The lowest BCUT2D eigenvalue weighted by molar-refractivity contribution is -0.118. The van der Waals surface area contributed by atoms with E-state index in [-0.39, 0.29) is 23.1 Å². The highest BCUT2D eigenvalue weighted by molar-refractivity contribution is 5.97. The summed E-state index contributed by atoms with van der Waals surface area (Å²) in [4.78, 5) is 24.2. The first-order valence-corrected chi connectivity index (χ1v) is 8.17. The van der Waals surface area contributed by atoms with Crippen molar-refractivity contribution in [3.8, 4) is 0 Å². The molecule has 0 saturated heterocycles. The molecule has 2 N–H and O–H groups in total. The van der Waals surface area contributed by atoms with E-state index in [9.17, 15) is 9.59 Å². The summed E-state index contributed by atoms with van der Waals surface area (Å²) < 4.78 is 0. The fraction of sp³-hybridized carbons (Fsp3) is 0.556. The van der Waals surface area contributed by atoms with Crippen LogP contribution in [-0.4, -0.2) is 17.9 Å². The standard InChI is InChI=1S/C18H24N2O2/c1-18(2)11-15(18)17(22)20-14-9-7-12(8-10-14)16(21)19-13-5-3-4-6-13/h7-10,13,15H,3-6,11H2,1-2H3,(H,19,21)(H,20,22)/t15-/m1/s1. The van der Waals surface area contributed by atoms with Crippen LogP contribution in [0.2, 0.25) is 0 Å². The van der Waals surface area contributed by atoms with Crippen LogP contribution in [0.25, 0.3) is 0 Å². The Hall–Kier alpha value is -1.84. The molecule has 1 aromatic rings. The lowest BCUT2D eigenvalue weighted by Gasteiger charge is -2.12. The van der Waals surface area contributed by atoms with Gasteiger partial charge in [0.15, 0.2) is 0 Å². The summed E-state index contributed by atoms with van der Waals surface area (Å²) in [5.41, 5.74) is 1.53. The molecule has 1 aromatic carbocycles. The number of anilines is 1. The van der Waals surface area contributed by atoms with Crippen LogP contribution < -0.4 is 10.6 Å². The number of benzene rings is 1. The summed E-state index contributed by atoms with van der Waals surface area (Å²) in [7, 11) is 0. The number of nitrogens with one attached hydrogen (secondary N) is 2. The van der Waals surface area contributed by atoms with Crippen LogP contribution in [0.15, 0.2) is 24.3 Å². The molecule has 2 amide bonds. The summed E-state index contributed by atoms with van der Waals surface area (Å²) in [5, 5.41) is 6.00. The van der Waals surface area contributed by atoms with E-state index in [0.29, 0.717) is 11.6 Å². The first-order chi connectivity index (χ1) is 10.5. The van der Waals surface area contributed by atoms with E-state index in [2.05, 4.69) is 24.5 Å². The van der Waals surface area contributed by atoms with Crippen LogP contribution in [0.3, 0.4) is 0 Å². The Morgan fingerprint density at radius 3 is 2.23 bits per heavy atom. The van der Waals surface area contributed by atoms with Gasteiger partial charge in [-0.1, -0.05) is 26.7 Å². The SMILES string of the molecule is CC1(C)C[C@@H]1C(=O)Nc1ccc(C(=O)NC2CCCC2)cc1. The summed E-state index contributed by atoms with van der Waals surface area (Å²) in [6.45, 7) is 4.21. The molecule has 0 spiro atoms. The third-order valence-electron chi connectivity index (χ3n) is 4.93. The highest BCUT2D eigenvalue weighted by Crippen LogP contribution is 2.51. The Kier molecular flexibility index (Phi) is 3.94. The Bertz CT molecular complexity index is 571. The molecular formula is C18H24N2O2. The number of carbonyl (C=O) groups excluding carboxylic acids is 2. The van der Waals surface area contributed by atoms with E-state index >= 15 is 0 Å². The molecule has 0 aliphatic heterocycles. The Morgan fingerprint density at radius 1 is 1.09 bits per heavy atom. The molecule has 118 valence electrons. The topological polar surface area (TPSA) is 58.2 Å². The lowest BCUT2D eigenvalue weighted by Crippen LogP contribution is -2.32.